The minimum absolute atomic E-state index is 0.0881. The highest BCUT2D eigenvalue weighted by molar-refractivity contribution is 7.15. The molecule has 3 rings (SSSR count). The van der Waals surface area contributed by atoms with Gasteiger partial charge in [-0.25, -0.2) is 9.37 Å². The van der Waals surface area contributed by atoms with E-state index in [1.54, 1.807) is 48.3 Å². The number of aryl methyl sites for hydroxylation is 1. The number of imidazole rings is 1. The number of rotatable bonds is 5. The van der Waals surface area contributed by atoms with Crippen molar-refractivity contribution < 1.29 is 14.0 Å². The van der Waals surface area contributed by atoms with Crippen molar-refractivity contribution in [1.29, 1.82) is 0 Å². The van der Waals surface area contributed by atoms with Gasteiger partial charge in [-0.3, -0.25) is 9.59 Å². The van der Waals surface area contributed by atoms with Crippen LogP contribution in [0.3, 0.4) is 0 Å². The maximum atomic E-state index is 13.6. The van der Waals surface area contributed by atoms with Crippen molar-refractivity contribution in [3.8, 4) is 0 Å². The first-order chi connectivity index (χ1) is 12.0. The summed E-state index contributed by atoms with van der Waals surface area (Å²) < 4.78 is 15.4. The first-order valence-electron chi connectivity index (χ1n) is 7.60. The second-order valence-electron chi connectivity index (χ2n) is 5.58. The van der Waals surface area contributed by atoms with E-state index in [0.717, 1.165) is 11.3 Å². The molecule has 0 bridgehead atoms. The zero-order valence-electron chi connectivity index (χ0n) is 13.7. The lowest BCUT2D eigenvalue weighted by Crippen LogP contribution is -2.30. The van der Waals surface area contributed by atoms with Gasteiger partial charge in [-0.15, -0.1) is 11.3 Å². The normalized spacial score (nSPS) is 12.0. The van der Waals surface area contributed by atoms with Crippen LogP contribution in [0.4, 0.5) is 4.39 Å². The van der Waals surface area contributed by atoms with Crippen LogP contribution in [-0.2, 0) is 7.05 Å². The SMILES string of the molecule is CC(=O)c1ccc(C(=O)NC(c2cccc(F)c2)c2nccn2C)s1. The molecule has 0 saturated heterocycles. The number of carbonyl (C=O) groups is 2. The number of ketones is 1. The standard InChI is InChI=1S/C18H16FN3O2S/c1-11(23)14-6-7-15(25-14)18(24)21-16(17-20-8-9-22(17)2)12-4-3-5-13(19)10-12/h3-10,16H,1-2H3,(H,21,24). The fourth-order valence-electron chi connectivity index (χ4n) is 2.49. The molecule has 25 heavy (non-hydrogen) atoms. The molecule has 1 amide bonds. The number of hydrogen-bond acceptors (Lipinski definition) is 4. The van der Waals surface area contributed by atoms with E-state index < -0.39 is 6.04 Å². The predicted octanol–water partition coefficient (Wildman–Crippen LogP) is 3.34. The average Bonchev–Trinajstić information content (AvgIpc) is 3.21. The van der Waals surface area contributed by atoms with Gasteiger partial charge in [0.2, 0.25) is 0 Å². The number of aromatic nitrogens is 2. The second-order valence-corrected chi connectivity index (χ2v) is 6.66. The number of thiophene rings is 1. The molecule has 128 valence electrons. The Morgan fingerprint density at radius 2 is 2.00 bits per heavy atom. The molecule has 7 heteroatoms. The van der Waals surface area contributed by atoms with Crippen LogP contribution < -0.4 is 5.32 Å². The van der Waals surface area contributed by atoms with Crippen molar-refractivity contribution in [2.24, 2.45) is 7.05 Å². The molecule has 3 aromatic rings. The predicted molar refractivity (Wildman–Crippen MR) is 93.2 cm³/mol. The molecule has 1 unspecified atom stereocenters. The van der Waals surface area contributed by atoms with E-state index in [0.29, 0.717) is 21.1 Å². The summed E-state index contributed by atoms with van der Waals surface area (Å²) in [7, 11) is 1.81. The summed E-state index contributed by atoms with van der Waals surface area (Å²) in [6.45, 7) is 1.46. The number of nitrogens with zero attached hydrogens (tertiary/aromatic N) is 2. The number of carbonyl (C=O) groups excluding carboxylic acids is 2. The van der Waals surface area contributed by atoms with E-state index in [4.69, 9.17) is 0 Å². The van der Waals surface area contributed by atoms with Gasteiger partial charge in [-0.2, -0.15) is 0 Å². The Labute approximate surface area is 148 Å². The maximum Gasteiger partial charge on any atom is 0.262 e. The van der Waals surface area contributed by atoms with Gasteiger partial charge in [0, 0.05) is 19.4 Å². The fraction of sp³-hybridized carbons (Fsp3) is 0.167. The molecule has 1 N–H and O–H groups in total. The molecule has 0 aliphatic carbocycles. The quantitative estimate of drug-likeness (QED) is 0.712. The largest absolute Gasteiger partial charge is 0.337 e. The zero-order valence-corrected chi connectivity index (χ0v) is 14.5. The van der Waals surface area contributed by atoms with Gasteiger partial charge in [0.25, 0.3) is 5.91 Å². The smallest absolute Gasteiger partial charge is 0.262 e. The molecule has 5 nitrogen and oxygen atoms in total. The van der Waals surface area contributed by atoms with Crippen LogP contribution in [0.2, 0.25) is 0 Å². The molecule has 2 heterocycles. The van der Waals surface area contributed by atoms with Crippen LogP contribution in [0.25, 0.3) is 0 Å². The Balaban J connectivity index is 1.93. The van der Waals surface area contributed by atoms with Crippen molar-refractivity contribution in [3.05, 3.63) is 75.8 Å². The van der Waals surface area contributed by atoms with E-state index in [9.17, 15) is 14.0 Å². The topological polar surface area (TPSA) is 64.0 Å². The first-order valence-corrected chi connectivity index (χ1v) is 8.41. The highest BCUT2D eigenvalue weighted by Crippen LogP contribution is 2.23. The van der Waals surface area contributed by atoms with Gasteiger partial charge in [0.05, 0.1) is 9.75 Å². The number of amides is 1. The van der Waals surface area contributed by atoms with Crippen LogP contribution in [0, 0.1) is 5.82 Å². The summed E-state index contributed by atoms with van der Waals surface area (Å²) in [5.41, 5.74) is 0.589. The summed E-state index contributed by atoms with van der Waals surface area (Å²) in [5.74, 6) is -0.229. The Bertz CT molecular complexity index is 932. The van der Waals surface area contributed by atoms with Crippen LogP contribution in [0.1, 0.15) is 43.7 Å². The van der Waals surface area contributed by atoms with Gasteiger partial charge in [-0.1, -0.05) is 12.1 Å². The van der Waals surface area contributed by atoms with Crippen molar-refractivity contribution in [1.82, 2.24) is 14.9 Å². The molecule has 0 radical (unpaired) electrons. The summed E-state index contributed by atoms with van der Waals surface area (Å²) in [5, 5.41) is 2.88. The summed E-state index contributed by atoms with van der Waals surface area (Å²) in [6, 6.07) is 8.67. The van der Waals surface area contributed by atoms with Gasteiger partial charge in [0.15, 0.2) is 5.78 Å². The van der Waals surface area contributed by atoms with E-state index in [1.807, 2.05) is 0 Å². The number of Topliss-reactive ketones (excluding diaryl/α,β-unsaturated/α-hetero) is 1. The highest BCUT2D eigenvalue weighted by atomic mass is 32.1. The number of hydrogen-bond donors (Lipinski definition) is 1. The van der Waals surface area contributed by atoms with Gasteiger partial charge >= 0.3 is 0 Å². The minimum Gasteiger partial charge on any atom is -0.337 e. The van der Waals surface area contributed by atoms with Gasteiger partial charge < -0.3 is 9.88 Å². The molecular weight excluding hydrogens is 341 g/mol. The molecule has 1 atom stereocenters. The lowest BCUT2D eigenvalue weighted by Gasteiger charge is -2.19. The third-order valence-electron chi connectivity index (χ3n) is 3.75. The average molecular weight is 357 g/mol. The Morgan fingerprint density at radius 1 is 1.24 bits per heavy atom. The van der Waals surface area contributed by atoms with Crippen LogP contribution in [-0.4, -0.2) is 21.2 Å². The van der Waals surface area contributed by atoms with E-state index in [2.05, 4.69) is 10.3 Å². The van der Waals surface area contributed by atoms with Gasteiger partial charge in [0.1, 0.15) is 17.7 Å². The summed E-state index contributed by atoms with van der Waals surface area (Å²) in [4.78, 5) is 29.2. The third-order valence-corrected chi connectivity index (χ3v) is 4.94. The highest BCUT2D eigenvalue weighted by Gasteiger charge is 2.23. The summed E-state index contributed by atoms with van der Waals surface area (Å²) >= 11 is 1.13. The lowest BCUT2D eigenvalue weighted by molar-refractivity contribution is 0.0944. The number of benzene rings is 1. The van der Waals surface area contributed by atoms with Crippen LogP contribution in [0.15, 0.2) is 48.8 Å². The molecule has 0 fully saturated rings. The Morgan fingerprint density at radius 3 is 2.60 bits per heavy atom. The molecule has 0 aliphatic rings. The zero-order chi connectivity index (χ0) is 18.0. The van der Waals surface area contributed by atoms with E-state index in [1.165, 1.54) is 19.1 Å². The third kappa shape index (κ3) is 3.66. The molecule has 1 aromatic carbocycles. The molecule has 0 saturated carbocycles. The Hall–Kier alpha value is -2.80. The fourth-order valence-corrected chi connectivity index (χ4v) is 3.29. The van der Waals surface area contributed by atoms with E-state index >= 15 is 0 Å². The van der Waals surface area contributed by atoms with Crippen molar-refractivity contribution >= 4 is 23.0 Å². The molecule has 2 aromatic heterocycles. The van der Waals surface area contributed by atoms with Crippen molar-refractivity contribution in [2.75, 3.05) is 0 Å². The minimum atomic E-state index is -0.605. The van der Waals surface area contributed by atoms with Gasteiger partial charge in [-0.05, 0) is 36.8 Å². The summed E-state index contributed by atoms with van der Waals surface area (Å²) in [6.07, 6.45) is 3.37. The number of nitrogens with one attached hydrogen (secondary N) is 1. The molecule has 0 spiro atoms. The van der Waals surface area contributed by atoms with Crippen molar-refractivity contribution in [2.45, 2.75) is 13.0 Å². The van der Waals surface area contributed by atoms with Crippen molar-refractivity contribution in [3.63, 3.8) is 0 Å². The monoisotopic (exact) mass is 357 g/mol. The van der Waals surface area contributed by atoms with Crippen LogP contribution in [0.5, 0.6) is 0 Å². The second kappa shape index (κ2) is 6.98. The van der Waals surface area contributed by atoms with E-state index in [-0.39, 0.29) is 17.5 Å². The first kappa shape index (κ1) is 17.0. The number of halogens is 1. The maximum absolute atomic E-state index is 13.6. The Kier molecular flexibility index (Phi) is 4.76. The molecular formula is C18H16FN3O2S. The molecule has 0 aliphatic heterocycles. The lowest BCUT2D eigenvalue weighted by atomic mass is 10.1. The van der Waals surface area contributed by atoms with Crippen LogP contribution >= 0.6 is 11.3 Å².